The Kier molecular flexibility index (Phi) is 3.79. The Balaban J connectivity index is 2.52. The van der Waals surface area contributed by atoms with E-state index in [1.165, 1.54) is 6.33 Å². The predicted octanol–water partition coefficient (Wildman–Crippen LogP) is -0.0348. The van der Waals surface area contributed by atoms with Gasteiger partial charge < -0.3 is 11.1 Å². The summed E-state index contributed by atoms with van der Waals surface area (Å²) in [4.78, 5) is 15.6. The van der Waals surface area contributed by atoms with Gasteiger partial charge in [-0.1, -0.05) is 6.92 Å². The second-order valence-corrected chi connectivity index (χ2v) is 3.75. The maximum atomic E-state index is 11.6. The molecule has 1 aromatic rings. The molecule has 3 atom stereocenters. The van der Waals surface area contributed by atoms with Gasteiger partial charge in [0.2, 0.25) is 5.91 Å². The van der Waals surface area contributed by atoms with Crippen LogP contribution in [0, 0.1) is 5.92 Å². The van der Waals surface area contributed by atoms with Gasteiger partial charge in [-0.2, -0.15) is 5.10 Å². The van der Waals surface area contributed by atoms with Gasteiger partial charge in [-0.05, 0) is 13.8 Å². The third kappa shape index (κ3) is 3.02. The molecule has 0 saturated carbocycles. The van der Waals surface area contributed by atoms with Crippen molar-refractivity contribution in [3.05, 3.63) is 12.2 Å². The molecule has 0 bridgehead atoms. The van der Waals surface area contributed by atoms with E-state index in [0.717, 1.165) is 0 Å². The number of nitrogens with zero attached hydrogens (tertiary/aromatic N) is 2. The lowest BCUT2D eigenvalue weighted by atomic mass is 10.0. The Morgan fingerprint density at radius 3 is 2.67 bits per heavy atom. The molecule has 15 heavy (non-hydrogen) atoms. The van der Waals surface area contributed by atoms with Crippen LogP contribution in [0.25, 0.3) is 0 Å². The van der Waals surface area contributed by atoms with E-state index in [-0.39, 0.29) is 23.9 Å². The highest BCUT2D eigenvalue weighted by Gasteiger charge is 2.20. The van der Waals surface area contributed by atoms with Gasteiger partial charge >= 0.3 is 0 Å². The summed E-state index contributed by atoms with van der Waals surface area (Å²) < 4.78 is 0. The molecule has 0 aliphatic carbocycles. The van der Waals surface area contributed by atoms with Gasteiger partial charge in [0.05, 0.1) is 6.04 Å². The number of carbonyl (C=O) groups excluding carboxylic acids is 1. The smallest absolute Gasteiger partial charge is 0.224 e. The van der Waals surface area contributed by atoms with Crippen molar-refractivity contribution in [3.63, 3.8) is 0 Å². The first-order valence-corrected chi connectivity index (χ1v) is 4.93. The fraction of sp³-hybridized carbons (Fsp3) is 0.667. The summed E-state index contributed by atoms with van der Waals surface area (Å²) in [6, 6.07) is -0.340. The number of hydrogen-bond acceptors (Lipinski definition) is 4. The molecule has 6 heteroatoms. The highest BCUT2D eigenvalue weighted by molar-refractivity contribution is 5.79. The van der Waals surface area contributed by atoms with Crippen LogP contribution in [0.3, 0.4) is 0 Å². The molecule has 0 aliphatic heterocycles. The van der Waals surface area contributed by atoms with Crippen molar-refractivity contribution in [3.8, 4) is 0 Å². The van der Waals surface area contributed by atoms with Gasteiger partial charge in [0.15, 0.2) is 0 Å². The van der Waals surface area contributed by atoms with Crippen molar-refractivity contribution in [2.75, 3.05) is 0 Å². The van der Waals surface area contributed by atoms with Gasteiger partial charge in [-0.25, -0.2) is 4.98 Å². The van der Waals surface area contributed by atoms with Crippen LogP contribution >= 0.6 is 0 Å². The highest BCUT2D eigenvalue weighted by atomic mass is 16.2. The van der Waals surface area contributed by atoms with E-state index in [0.29, 0.717) is 5.82 Å². The molecule has 84 valence electrons. The largest absolute Gasteiger partial charge is 0.346 e. The van der Waals surface area contributed by atoms with E-state index in [1.807, 2.05) is 13.8 Å². The minimum Gasteiger partial charge on any atom is -0.346 e. The van der Waals surface area contributed by atoms with Gasteiger partial charge in [-0.15, -0.1) is 0 Å². The van der Waals surface area contributed by atoms with E-state index in [1.54, 1.807) is 6.92 Å². The zero-order valence-corrected chi connectivity index (χ0v) is 9.19. The van der Waals surface area contributed by atoms with Crippen LogP contribution in [-0.4, -0.2) is 27.1 Å². The lowest BCUT2D eigenvalue weighted by Gasteiger charge is -2.18. The summed E-state index contributed by atoms with van der Waals surface area (Å²) in [7, 11) is 0. The molecule has 1 aromatic heterocycles. The van der Waals surface area contributed by atoms with Gasteiger partial charge in [0, 0.05) is 12.0 Å². The number of amides is 1. The quantitative estimate of drug-likeness (QED) is 0.651. The van der Waals surface area contributed by atoms with Crippen molar-refractivity contribution >= 4 is 5.91 Å². The number of nitrogens with one attached hydrogen (secondary N) is 2. The molecule has 0 aliphatic rings. The fourth-order valence-electron chi connectivity index (χ4n) is 1.08. The third-order valence-electron chi connectivity index (χ3n) is 2.40. The molecule has 3 unspecified atom stereocenters. The van der Waals surface area contributed by atoms with Gasteiger partial charge in [0.1, 0.15) is 12.2 Å². The van der Waals surface area contributed by atoms with E-state index in [4.69, 9.17) is 5.73 Å². The monoisotopic (exact) mass is 211 g/mol. The number of aromatic nitrogens is 3. The Morgan fingerprint density at radius 1 is 1.53 bits per heavy atom. The summed E-state index contributed by atoms with van der Waals surface area (Å²) in [5.74, 6) is 0.351. The van der Waals surface area contributed by atoms with Crippen molar-refractivity contribution in [2.24, 2.45) is 11.7 Å². The molecule has 0 radical (unpaired) electrons. The SMILES string of the molecule is CC(NC(=O)C(C)C(C)N)c1ncn[nH]1. The summed E-state index contributed by atoms with van der Waals surface area (Å²) in [5, 5.41) is 9.23. The lowest BCUT2D eigenvalue weighted by molar-refractivity contribution is -0.125. The molecule has 0 aromatic carbocycles. The predicted molar refractivity (Wildman–Crippen MR) is 55.8 cm³/mol. The zero-order chi connectivity index (χ0) is 11.4. The fourth-order valence-corrected chi connectivity index (χ4v) is 1.08. The average Bonchev–Trinajstić information content (AvgIpc) is 2.68. The van der Waals surface area contributed by atoms with E-state index >= 15 is 0 Å². The van der Waals surface area contributed by atoms with E-state index in [9.17, 15) is 4.79 Å². The molecule has 0 saturated heterocycles. The van der Waals surface area contributed by atoms with Crippen molar-refractivity contribution in [1.82, 2.24) is 20.5 Å². The second-order valence-electron chi connectivity index (χ2n) is 3.75. The van der Waals surface area contributed by atoms with E-state index < -0.39 is 0 Å². The first-order chi connectivity index (χ1) is 7.02. The normalized spacial score (nSPS) is 16.8. The number of carbonyl (C=O) groups is 1. The Morgan fingerprint density at radius 2 is 2.20 bits per heavy atom. The molecule has 0 fully saturated rings. The molecule has 1 heterocycles. The Labute approximate surface area is 88.7 Å². The number of H-pyrrole nitrogens is 1. The highest BCUT2D eigenvalue weighted by Crippen LogP contribution is 2.07. The second kappa shape index (κ2) is 4.88. The Hall–Kier alpha value is -1.43. The van der Waals surface area contributed by atoms with Crippen LogP contribution in [0.2, 0.25) is 0 Å². The van der Waals surface area contributed by atoms with Crippen LogP contribution in [-0.2, 0) is 4.79 Å². The average molecular weight is 211 g/mol. The summed E-state index contributed by atoms with van der Waals surface area (Å²) in [5.41, 5.74) is 5.63. The van der Waals surface area contributed by atoms with Crippen LogP contribution < -0.4 is 11.1 Å². The van der Waals surface area contributed by atoms with Crippen molar-refractivity contribution < 1.29 is 4.79 Å². The molecular weight excluding hydrogens is 194 g/mol. The molecule has 1 amide bonds. The first-order valence-electron chi connectivity index (χ1n) is 4.93. The molecular formula is C9H17N5O. The molecule has 1 rings (SSSR count). The molecule has 4 N–H and O–H groups in total. The standard InChI is InChI=1S/C9H17N5O/c1-5(6(2)10)9(15)13-7(3)8-11-4-12-14-8/h4-7H,10H2,1-3H3,(H,13,15)(H,11,12,14). The topological polar surface area (TPSA) is 96.7 Å². The summed E-state index contributed by atoms with van der Waals surface area (Å²) in [6.07, 6.45) is 1.41. The lowest BCUT2D eigenvalue weighted by Crippen LogP contribution is -2.39. The van der Waals surface area contributed by atoms with Gasteiger partial charge in [0.25, 0.3) is 0 Å². The number of nitrogens with two attached hydrogens (primary N) is 1. The molecule has 0 spiro atoms. The van der Waals surface area contributed by atoms with Crippen LogP contribution in [0.4, 0.5) is 0 Å². The van der Waals surface area contributed by atoms with Crippen LogP contribution in [0.1, 0.15) is 32.6 Å². The molecule has 6 nitrogen and oxygen atoms in total. The Bertz CT molecular complexity index is 308. The minimum atomic E-state index is -0.213. The number of rotatable bonds is 4. The number of aromatic amines is 1. The summed E-state index contributed by atoms with van der Waals surface area (Å²) in [6.45, 7) is 5.45. The maximum Gasteiger partial charge on any atom is 0.224 e. The number of hydrogen-bond donors (Lipinski definition) is 3. The van der Waals surface area contributed by atoms with Crippen LogP contribution in [0.5, 0.6) is 0 Å². The van der Waals surface area contributed by atoms with Gasteiger partial charge in [-0.3, -0.25) is 9.89 Å². The minimum absolute atomic E-state index is 0.0751. The van der Waals surface area contributed by atoms with Crippen molar-refractivity contribution in [1.29, 1.82) is 0 Å². The first kappa shape index (κ1) is 11.6. The van der Waals surface area contributed by atoms with Crippen LogP contribution in [0.15, 0.2) is 6.33 Å². The van der Waals surface area contributed by atoms with E-state index in [2.05, 4.69) is 20.5 Å². The third-order valence-corrected chi connectivity index (χ3v) is 2.40. The summed E-state index contributed by atoms with van der Waals surface area (Å²) >= 11 is 0. The zero-order valence-electron chi connectivity index (χ0n) is 9.19. The van der Waals surface area contributed by atoms with Crippen molar-refractivity contribution in [2.45, 2.75) is 32.9 Å². The maximum absolute atomic E-state index is 11.6.